The Bertz CT molecular complexity index is 1110. The number of carbonyl (C=O) groups is 1. The highest BCUT2D eigenvalue weighted by atomic mass is 28.4. The van der Waals surface area contributed by atoms with E-state index in [4.69, 9.17) is 32.9 Å². The van der Waals surface area contributed by atoms with Crippen molar-refractivity contribution in [2.24, 2.45) is 29.1 Å². The molecule has 0 aromatic heterocycles. The summed E-state index contributed by atoms with van der Waals surface area (Å²) >= 11 is 0. The Morgan fingerprint density at radius 2 is 1.10 bits per heavy atom. The van der Waals surface area contributed by atoms with Crippen molar-refractivity contribution in [3.63, 3.8) is 0 Å². The van der Waals surface area contributed by atoms with E-state index in [9.17, 15) is 4.79 Å². The quantitative estimate of drug-likeness (QED) is 0.114. The Labute approximate surface area is 311 Å². The Balaban J connectivity index is 0.000000135. The molecular formula is C41H72O8Si2. The van der Waals surface area contributed by atoms with Gasteiger partial charge in [-0.05, 0) is 158 Å². The lowest BCUT2D eigenvalue weighted by Crippen LogP contribution is -2.44. The van der Waals surface area contributed by atoms with E-state index in [-0.39, 0.29) is 11.9 Å². The minimum atomic E-state index is -1.53. The molecule has 9 aliphatic rings. The normalized spacial score (nSPS) is 40.9. The molecule has 4 saturated heterocycles. The van der Waals surface area contributed by atoms with Crippen LogP contribution in [0.15, 0.2) is 0 Å². The topological polar surface area (TPSA) is 106 Å². The smallest absolute Gasteiger partial charge is 0.309 e. The first kappa shape index (κ1) is 38.9. The van der Waals surface area contributed by atoms with Crippen LogP contribution in [0.2, 0.25) is 38.3 Å². The summed E-state index contributed by atoms with van der Waals surface area (Å²) in [5.41, 5.74) is 0.361. The zero-order chi connectivity index (χ0) is 35.8. The largest absolute Gasteiger partial charge is 0.465 e. The number of fused-ring (bicyclic) bond motifs is 4. The number of esters is 1. The Morgan fingerprint density at radius 1 is 0.647 bits per heavy atom. The molecule has 0 aromatic rings. The second kappa shape index (κ2) is 16.4. The molecular weight excluding hydrogens is 677 g/mol. The summed E-state index contributed by atoms with van der Waals surface area (Å²) in [6.07, 6.45) is 26.3. The third-order valence-electron chi connectivity index (χ3n) is 14.5. The Morgan fingerprint density at radius 3 is 1.49 bits per heavy atom. The fraction of sp³-hybridized carbons (Fsp3) is 0.976. The van der Waals surface area contributed by atoms with Crippen LogP contribution in [0.25, 0.3) is 0 Å². The second-order valence-corrected chi connectivity index (χ2v) is 28.4. The fourth-order valence-electron chi connectivity index (χ4n) is 10.3. The molecule has 9 rings (SSSR count). The third kappa shape index (κ3) is 11.1. The lowest BCUT2D eigenvalue weighted by molar-refractivity contribution is -0.151. The number of ether oxygens (including phenoxy) is 5. The van der Waals surface area contributed by atoms with Gasteiger partial charge in [-0.2, -0.15) is 0 Å². The van der Waals surface area contributed by atoms with Gasteiger partial charge in [0.2, 0.25) is 0 Å². The molecule has 0 bridgehead atoms. The van der Waals surface area contributed by atoms with Crippen molar-refractivity contribution in [2.75, 3.05) is 13.2 Å². The second-order valence-electron chi connectivity index (χ2n) is 19.6. The molecule has 0 amide bonds. The monoisotopic (exact) mass is 748 g/mol. The zero-order valence-corrected chi connectivity index (χ0v) is 34.8. The predicted octanol–water partition coefficient (Wildman–Crippen LogP) is 8.55. The minimum Gasteiger partial charge on any atom is -0.465 e. The van der Waals surface area contributed by atoms with Crippen LogP contribution < -0.4 is 0 Å². The molecule has 12 unspecified atom stereocenters. The average Bonchev–Trinajstić information content (AvgIpc) is 3.92. The molecule has 10 heteroatoms. The van der Waals surface area contributed by atoms with Gasteiger partial charge in [0.25, 0.3) is 0 Å². The van der Waals surface area contributed by atoms with E-state index < -0.39 is 16.6 Å². The van der Waals surface area contributed by atoms with Crippen molar-refractivity contribution in [1.82, 2.24) is 0 Å². The Kier molecular flexibility index (Phi) is 12.5. The van der Waals surface area contributed by atoms with Crippen molar-refractivity contribution in [2.45, 2.75) is 210 Å². The summed E-state index contributed by atoms with van der Waals surface area (Å²) < 4.78 is 34.7. The van der Waals surface area contributed by atoms with Gasteiger partial charge in [0, 0.05) is 6.61 Å². The first-order valence-electron chi connectivity index (χ1n) is 21.5. The van der Waals surface area contributed by atoms with Crippen molar-refractivity contribution in [1.29, 1.82) is 0 Å². The maximum atomic E-state index is 12.0. The molecule has 4 aliphatic heterocycles. The van der Waals surface area contributed by atoms with E-state index in [1.165, 1.54) is 82.7 Å². The van der Waals surface area contributed by atoms with Crippen LogP contribution in [0, 0.1) is 29.1 Å². The number of carbonyl (C=O) groups excluding carboxylic acids is 1. The van der Waals surface area contributed by atoms with Gasteiger partial charge < -0.3 is 32.9 Å². The summed E-state index contributed by atoms with van der Waals surface area (Å²) in [7, 11) is -3.05. The van der Waals surface area contributed by atoms with Crippen LogP contribution in [0.5, 0.6) is 0 Å². The SMILES string of the molecule is CCC1(CO)CCC1.C[Si](C)(CCC1CCC2OC2C1)O[Si](C)(C)CCC1CCC2OC2C1.O=C(OCC1CCC2OC2C1)C1CCC2OC2C1. The van der Waals surface area contributed by atoms with Crippen molar-refractivity contribution in [3.05, 3.63) is 0 Å². The molecule has 4 heterocycles. The molecule has 5 aliphatic carbocycles. The summed E-state index contributed by atoms with van der Waals surface area (Å²) in [5, 5.41) is 8.84. The van der Waals surface area contributed by atoms with Gasteiger partial charge in [0.1, 0.15) is 0 Å². The van der Waals surface area contributed by atoms with Gasteiger partial charge in [-0.1, -0.05) is 26.2 Å². The lowest BCUT2D eigenvalue weighted by atomic mass is 9.68. The minimum absolute atomic E-state index is 0.00258. The maximum absolute atomic E-state index is 12.0. The molecule has 292 valence electrons. The predicted molar refractivity (Wildman–Crippen MR) is 204 cm³/mol. The number of hydrogen-bond donors (Lipinski definition) is 1. The standard InChI is InChI=1S/C20H38O3Si2.C14H20O4.C7H14O/c1-24(2,11-9-15-5-7-17-19(13-15)21-17)23-25(3,4)12-10-16-6-8-18-20(14-16)22-18;15-14(9-2-4-11-13(6-9)18-11)16-7-8-1-3-10-12(5-8)17-10;1-2-7(6-8)4-3-5-7/h15-20H,5-14H2,1-4H3;8-13H,1-7H2;8H,2-6H2,1H3. The van der Waals surface area contributed by atoms with Gasteiger partial charge >= 0.3 is 5.97 Å². The van der Waals surface area contributed by atoms with Crippen LogP contribution in [0.4, 0.5) is 0 Å². The number of epoxide rings is 4. The van der Waals surface area contributed by atoms with Crippen LogP contribution in [-0.4, -0.2) is 89.8 Å². The number of rotatable bonds is 13. The highest BCUT2D eigenvalue weighted by molar-refractivity contribution is 6.84. The van der Waals surface area contributed by atoms with E-state index in [0.29, 0.717) is 73.4 Å². The van der Waals surface area contributed by atoms with E-state index in [0.717, 1.165) is 56.8 Å². The molecule has 5 saturated carbocycles. The first-order valence-corrected chi connectivity index (χ1v) is 27.7. The average molecular weight is 749 g/mol. The van der Waals surface area contributed by atoms with Gasteiger partial charge in [0.05, 0.1) is 61.4 Å². The molecule has 0 spiro atoms. The molecule has 1 N–H and O–H groups in total. The van der Waals surface area contributed by atoms with Crippen LogP contribution in [0.3, 0.4) is 0 Å². The van der Waals surface area contributed by atoms with Crippen molar-refractivity contribution < 1.29 is 37.7 Å². The van der Waals surface area contributed by atoms with Gasteiger partial charge in [-0.25, -0.2) is 0 Å². The number of aliphatic hydroxyl groups is 1. The van der Waals surface area contributed by atoms with Crippen LogP contribution >= 0.6 is 0 Å². The first-order chi connectivity index (χ1) is 24.4. The van der Waals surface area contributed by atoms with Gasteiger partial charge in [0.15, 0.2) is 16.6 Å². The van der Waals surface area contributed by atoms with Crippen molar-refractivity contribution in [3.8, 4) is 0 Å². The Hall–Kier alpha value is -0.336. The zero-order valence-electron chi connectivity index (χ0n) is 32.8. The third-order valence-corrected chi connectivity index (χ3v) is 21.9. The molecule has 12 atom stereocenters. The van der Waals surface area contributed by atoms with E-state index in [1.54, 1.807) is 0 Å². The maximum Gasteiger partial charge on any atom is 0.309 e. The van der Waals surface area contributed by atoms with Gasteiger partial charge in [-0.15, -0.1) is 0 Å². The summed E-state index contributed by atoms with van der Waals surface area (Å²) in [6.45, 7) is 13.0. The van der Waals surface area contributed by atoms with Crippen LogP contribution in [-0.2, 0) is 32.6 Å². The highest BCUT2D eigenvalue weighted by Crippen LogP contribution is 2.45. The number of hydrogen-bond acceptors (Lipinski definition) is 8. The molecule has 0 aromatic carbocycles. The highest BCUT2D eigenvalue weighted by Gasteiger charge is 2.48. The van der Waals surface area contributed by atoms with Crippen LogP contribution in [0.1, 0.15) is 122 Å². The van der Waals surface area contributed by atoms with E-state index in [1.807, 2.05) is 0 Å². The van der Waals surface area contributed by atoms with Crippen molar-refractivity contribution >= 4 is 22.6 Å². The summed E-state index contributed by atoms with van der Waals surface area (Å²) in [6, 6.07) is 2.68. The molecule has 9 fully saturated rings. The summed E-state index contributed by atoms with van der Waals surface area (Å²) in [4.78, 5) is 12.0. The molecule has 0 radical (unpaired) electrons. The fourth-order valence-corrected chi connectivity index (χ4v) is 19.3. The van der Waals surface area contributed by atoms with E-state index in [2.05, 4.69) is 33.1 Å². The van der Waals surface area contributed by atoms with Gasteiger partial charge in [-0.3, -0.25) is 4.79 Å². The lowest BCUT2D eigenvalue weighted by Gasteiger charge is -2.39. The van der Waals surface area contributed by atoms with E-state index >= 15 is 0 Å². The summed E-state index contributed by atoms with van der Waals surface area (Å²) in [5.74, 6) is 2.41. The molecule has 8 nitrogen and oxygen atoms in total. The number of aliphatic hydroxyl groups excluding tert-OH is 1. The molecule has 51 heavy (non-hydrogen) atoms.